The molecule has 0 saturated carbocycles. The fourth-order valence-electron chi connectivity index (χ4n) is 2.66. The van der Waals surface area contributed by atoms with Crippen molar-refractivity contribution in [3.05, 3.63) is 64.2 Å². The van der Waals surface area contributed by atoms with Crippen molar-refractivity contribution in [2.75, 3.05) is 0 Å². The van der Waals surface area contributed by atoms with Crippen molar-refractivity contribution < 1.29 is 8.42 Å². The Morgan fingerprint density at radius 1 is 0.905 bits per heavy atom. The van der Waals surface area contributed by atoms with Gasteiger partial charge in [0.1, 0.15) is 0 Å². The largest absolute Gasteiger partial charge is 0.241 e. The SMILES string of the molecule is Cc1cccc(CNS(=O)(=O)c2c(C)cc(C)cc2C)c1. The van der Waals surface area contributed by atoms with Crippen LogP contribution in [0.4, 0.5) is 0 Å². The molecule has 0 aromatic heterocycles. The maximum Gasteiger partial charge on any atom is 0.241 e. The Kier molecular flexibility index (Phi) is 4.49. The van der Waals surface area contributed by atoms with Crippen LogP contribution in [-0.4, -0.2) is 8.42 Å². The lowest BCUT2D eigenvalue weighted by molar-refractivity contribution is 0.580. The average Bonchev–Trinajstić information content (AvgIpc) is 2.35. The second-order valence-corrected chi connectivity index (χ2v) is 7.25. The van der Waals surface area contributed by atoms with Gasteiger partial charge in [0.2, 0.25) is 10.0 Å². The fourth-order valence-corrected chi connectivity index (χ4v) is 4.13. The molecule has 0 radical (unpaired) electrons. The monoisotopic (exact) mass is 303 g/mol. The molecule has 0 aliphatic heterocycles. The first-order valence-electron chi connectivity index (χ1n) is 6.92. The molecule has 112 valence electrons. The van der Waals surface area contributed by atoms with Crippen LogP contribution in [-0.2, 0) is 16.6 Å². The molecule has 0 unspecified atom stereocenters. The zero-order valence-electron chi connectivity index (χ0n) is 12.9. The van der Waals surface area contributed by atoms with Crippen LogP contribution in [0.25, 0.3) is 0 Å². The summed E-state index contributed by atoms with van der Waals surface area (Å²) in [6.07, 6.45) is 0. The summed E-state index contributed by atoms with van der Waals surface area (Å²) in [5.74, 6) is 0. The average molecular weight is 303 g/mol. The van der Waals surface area contributed by atoms with Gasteiger partial charge in [-0.3, -0.25) is 0 Å². The highest BCUT2D eigenvalue weighted by atomic mass is 32.2. The molecule has 0 saturated heterocycles. The van der Waals surface area contributed by atoms with Gasteiger partial charge in [0.05, 0.1) is 4.90 Å². The highest BCUT2D eigenvalue weighted by molar-refractivity contribution is 7.89. The summed E-state index contributed by atoms with van der Waals surface area (Å²) in [7, 11) is -3.50. The summed E-state index contributed by atoms with van der Waals surface area (Å²) in [6.45, 7) is 7.93. The molecular weight excluding hydrogens is 282 g/mol. The van der Waals surface area contributed by atoms with Crippen LogP contribution in [0.2, 0.25) is 0 Å². The van der Waals surface area contributed by atoms with Crippen LogP contribution in [0, 0.1) is 27.7 Å². The molecule has 0 bridgehead atoms. The van der Waals surface area contributed by atoms with Gasteiger partial charge >= 0.3 is 0 Å². The Hall–Kier alpha value is -1.65. The van der Waals surface area contributed by atoms with Crippen molar-refractivity contribution in [3.63, 3.8) is 0 Å². The molecule has 0 heterocycles. The Labute approximate surface area is 127 Å². The second-order valence-electron chi connectivity index (χ2n) is 5.54. The van der Waals surface area contributed by atoms with Crippen LogP contribution in [0.3, 0.4) is 0 Å². The van der Waals surface area contributed by atoms with E-state index in [0.29, 0.717) is 11.4 Å². The Bertz CT molecular complexity index is 741. The molecule has 1 N–H and O–H groups in total. The minimum atomic E-state index is -3.50. The maximum absolute atomic E-state index is 12.5. The summed E-state index contributed by atoms with van der Waals surface area (Å²) in [5.41, 5.74) is 4.71. The van der Waals surface area contributed by atoms with Crippen LogP contribution in [0.15, 0.2) is 41.3 Å². The first-order chi connectivity index (χ1) is 9.79. The van der Waals surface area contributed by atoms with E-state index in [0.717, 1.165) is 27.8 Å². The highest BCUT2D eigenvalue weighted by Crippen LogP contribution is 2.21. The van der Waals surface area contributed by atoms with Gasteiger partial charge in [-0.1, -0.05) is 47.5 Å². The minimum absolute atomic E-state index is 0.302. The summed E-state index contributed by atoms with van der Waals surface area (Å²) in [5, 5.41) is 0. The van der Waals surface area contributed by atoms with Gasteiger partial charge in [-0.25, -0.2) is 13.1 Å². The molecular formula is C17H21NO2S. The molecule has 21 heavy (non-hydrogen) atoms. The third-order valence-corrected chi connectivity index (χ3v) is 5.13. The van der Waals surface area contributed by atoms with Gasteiger partial charge in [0, 0.05) is 6.54 Å². The Morgan fingerprint density at radius 2 is 1.52 bits per heavy atom. The van der Waals surface area contributed by atoms with E-state index >= 15 is 0 Å². The van der Waals surface area contributed by atoms with Crippen molar-refractivity contribution in [2.24, 2.45) is 0 Å². The smallest absolute Gasteiger partial charge is 0.207 e. The zero-order valence-corrected chi connectivity index (χ0v) is 13.7. The lowest BCUT2D eigenvalue weighted by Crippen LogP contribution is -2.25. The first kappa shape index (κ1) is 15.7. The summed E-state index contributed by atoms with van der Waals surface area (Å²) in [6, 6.07) is 11.6. The first-order valence-corrected chi connectivity index (χ1v) is 8.41. The van der Waals surface area contributed by atoms with Gasteiger partial charge < -0.3 is 0 Å². The van der Waals surface area contributed by atoms with Crippen LogP contribution in [0.5, 0.6) is 0 Å². The fraction of sp³-hybridized carbons (Fsp3) is 0.294. The summed E-state index contributed by atoms with van der Waals surface area (Å²) < 4.78 is 27.8. The molecule has 0 amide bonds. The third kappa shape index (κ3) is 3.71. The maximum atomic E-state index is 12.5. The predicted molar refractivity (Wildman–Crippen MR) is 85.9 cm³/mol. The number of nitrogens with one attached hydrogen (secondary N) is 1. The molecule has 3 nitrogen and oxygen atoms in total. The minimum Gasteiger partial charge on any atom is -0.207 e. The summed E-state index contributed by atoms with van der Waals surface area (Å²) in [4.78, 5) is 0.390. The lowest BCUT2D eigenvalue weighted by atomic mass is 10.1. The molecule has 2 aromatic carbocycles. The third-order valence-electron chi connectivity index (χ3n) is 3.42. The molecule has 2 aromatic rings. The molecule has 0 spiro atoms. The zero-order chi connectivity index (χ0) is 15.6. The number of aryl methyl sites for hydroxylation is 4. The van der Waals surface area contributed by atoms with E-state index in [9.17, 15) is 8.42 Å². The molecule has 0 fully saturated rings. The van der Waals surface area contributed by atoms with Gasteiger partial charge in [0.25, 0.3) is 0 Å². The van der Waals surface area contributed by atoms with Gasteiger partial charge in [-0.2, -0.15) is 0 Å². The van der Waals surface area contributed by atoms with E-state index in [4.69, 9.17) is 0 Å². The molecule has 2 rings (SSSR count). The molecule has 4 heteroatoms. The van der Waals surface area contributed by atoms with Crippen molar-refractivity contribution in [1.82, 2.24) is 4.72 Å². The Morgan fingerprint density at radius 3 is 2.10 bits per heavy atom. The quantitative estimate of drug-likeness (QED) is 0.941. The van der Waals surface area contributed by atoms with E-state index in [1.165, 1.54) is 0 Å². The number of sulfonamides is 1. The summed E-state index contributed by atoms with van der Waals surface area (Å²) >= 11 is 0. The van der Waals surface area contributed by atoms with Crippen molar-refractivity contribution in [2.45, 2.75) is 39.1 Å². The number of benzene rings is 2. The van der Waals surface area contributed by atoms with E-state index in [1.54, 1.807) is 0 Å². The predicted octanol–water partition coefficient (Wildman–Crippen LogP) is 3.40. The number of rotatable bonds is 4. The van der Waals surface area contributed by atoms with Gasteiger partial charge in [-0.15, -0.1) is 0 Å². The van der Waals surface area contributed by atoms with Crippen molar-refractivity contribution in [3.8, 4) is 0 Å². The second kappa shape index (κ2) is 6.00. The standard InChI is InChI=1S/C17H21NO2S/c1-12-6-5-7-16(10-12)11-18-21(19,20)17-14(3)8-13(2)9-15(17)4/h5-10,18H,11H2,1-4H3. The van der Waals surface area contributed by atoms with Gasteiger partial charge in [-0.05, 0) is 44.4 Å². The molecule has 0 aliphatic carbocycles. The van der Waals surface area contributed by atoms with E-state index in [2.05, 4.69) is 4.72 Å². The van der Waals surface area contributed by atoms with Crippen LogP contribution >= 0.6 is 0 Å². The molecule has 0 aliphatic rings. The van der Waals surface area contributed by atoms with Gasteiger partial charge in [0.15, 0.2) is 0 Å². The van der Waals surface area contributed by atoms with E-state index in [1.807, 2.05) is 64.1 Å². The van der Waals surface area contributed by atoms with Crippen molar-refractivity contribution in [1.29, 1.82) is 0 Å². The van der Waals surface area contributed by atoms with Crippen LogP contribution in [0.1, 0.15) is 27.8 Å². The molecule has 0 atom stereocenters. The lowest BCUT2D eigenvalue weighted by Gasteiger charge is -2.13. The normalized spacial score (nSPS) is 11.6. The van der Waals surface area contributed by atoms with E-state index < -0.39 is 10.0 Å². The highest BCUT2D eigenvalue weighted by Gasteiger charge is 2.19. The van der Waals surface area contributed by atoms with Crippen molar-refractivity contribution >= 4 is 10.0 Å². The topological polar surface area (TPSA) is 46.2 Å². The number of hydrogen-bond acceptors (Lipinski definition) is 2. The Balaban J connectivity index is 2.27. The van der Waals surface area contributed by atoms with E-state index in [-0.39, 0.29) is 0 Å². The van der Waals surface area contributed by atoms with Crippen LogP contribution < -0.4 is 4.72 Å². The number of hydrogen-bond donors (Lipinski definition) is 1.